The van der Waals surface area contributed by atoms with Gasteiger partial charge in [-0.15, -0.1) is 0 Å². The van der Waals surface area contributed by atoms with Gasteiger partial charge in [-0.05, 0) is 18.2 Å². The molecule has 2 aromatic rings. The number of rotatable bonds is 2. The summed E-state index contributed by atoms with van der Waals surface area (Å²) in [5.41, 5.74) is 1.13. The first-order valence-electron chi connectivity index (χ1n) is 4.35. The molecule has 5 heteroatoms. The van der Waals surface area contributed by atoms with Crippen molar-refractivity contribution >= 4 is 5.97 Å². The number of hydrogen-bond donors (Lipinski definition) is 0. The largest absolute Gasteiger partial charge is 0.464 e. The number of aromatic nitrogens is 3. The highest BCUT2D eigenvalue weighted by molar-refractivity contribution is 5.86. The Morgan fingerprint density at radius 1 is 1.33 bits per heavy atom. The van der Waals surface area contributed by atoms with Crippen molar-refractivity contribution in [3.63, 3.8) is 0 Å². The third-order valence-corrected chi connectivity index (χ3v) is 1.91. The molecular formula is C10H9N3O2. The van der Waals surface area contributed by atoms with Crippen molar-refractivity contribution in [3.05, 3.63) is 42.5 Å². The molecule has 0 spiro atoms. The summed E-state index contributed by atoms with van der Waals surface area (Å²) in [5.74, 6) is -0.442. The highest BCUT2D eigenvalue weighted by Gasteiger charge is 2.09. The molecule has 0 atom stereocenters. The Morgan fingerprint density at radius 2 is 2.07 bits per heavy atom. The van der Waals surface area contributed by atoms with E-state index in [9.17, 15) is 4.79 Å². The van der Waals surface area contributed by atoms with Gasteiger partial charge in [0.15, 0.2) is 5.69 Å². The molecule has 0 bridgehead atoms. The van der Waals surface area contributed by atoms with Gasteiger partial charge in [-0.1, -0.05) is 0 Å². The summed E-state index contributed by atoms with van der Waals surface area (Å²) >= 11 is 0. The van der Waals surface area contributed by atoms with E-state index in [1.165, 1.54) is 7.11 Å². The molecule has 76 valence electrons. The number of carbonyl (C=O) groups is 1. The van der Waals surface area contributed by atoms with Crippen LogP contribution in [0.1, 0.15) is 10.5 Å². The molecule has 2 heterocycles. The summed E-state index contributed by atoms with van der Waals surface area (Å²) in [6.45, 7) is 0. The lowest BCUT2D eigenvalue weighted by Crippen LogP contribution is -2.03. The van der Waals surface area contributed by atoms with Gasteiger partial charge in [-0.25, -0.2) is 9.48 Å². The van der Waals surface area contributed by atoms with Gasteiger partial charge in [0.1, 0.15) is 0 Å². The van der Waals surface area contributed by atoms with Crippen LogP contribution in [0.25, 0.3) is 5.69 Å². The molecule has 0 saturated heterocycles. The highest BCUT2D eigenvalue weighted by Crippen LogP contribution is 2.06. The molecule has 0 aliphatic carbocycles. The summed E-state index contributed by atoms with van der Waals surface area (Å²) in [6.07, 6.45) is 5.02. The monoisotopic (exact) mass is 203 g/mol. The van der Waals surface area contributed by atoms with Crippen LogP contribution in [0.3, 0.4) is 0 Å². The van der Waals surface area contributed by atoms with E-state index >= 15 is 0 Å². The molecule has 0 radical (unpaired) electrons. The lowest BCUT2D eigenvalue weighted by Gasteiger charge is -1.98. The molecule has 0 unspecified atom stereocenters. The van der Waals surface area contributed by atoms with Crippen LogP contribution in [-0.4, -0.2) is 27.8 Å². The Hall–Kier alpha value is -2.17. The van der Waals surface area contributed by atoms with E-state index in [2.05, 4.69) is 14.8 Å². The highest BCUT2D eigenvalue weighted by atomic mass is 16.5. The second-order valence-electron chi connectivity index (χ2n) is 2.84. The lowest BCUT2D eigenvalue weighted by atomic mass is 10.4. The second kappa shape index (κ2) is 3.91. The van der Waals surface area contributed by atoms with Crippen LogP contribution >= 0.6 is 0 Å². The van der Waals surface area contributed by atoms with Gasteiger partial charge in [-0.2, -0.15) is 5.10 Å². The summed E-state index contributed by atoms with van der Waals surface area (Å²) in [6, 6.07) is 5.20. The smallest absolute Gasteiger partial charge is 0.358 e. The summed E-state index contributed by atoms with van der Waals surface area (Å²) < 4.78 is 6.15. The minimum absolute atomic E-state index is 0.286. The van der Waals surface area contributed by atoms with E-state index in [0.717, 1.165) is 5.69 Å². The molecule has 5 nitrogen and oxygen atoms in total. The van der Waals surface area contributed by atoms with Crippen molar-refractivity contribution in [1.29, 1.82) is 0 Å². The van der Waals surface area contributed by atoms with Crippen LogP contribution < -0.4 is 0 Å². The minimum Gasteiger partial charge on any atom is -0.464 e. The first kappa shape index (κ1) is 9.39. The van der Waals surface area contributed by atoms with Crippen molar-refractivity contribution in [1.82, 2.24) is 14.8 Å². The standard InChI is InChI=1S/C10H9N3O2/c1-15-10(14)9-4-7-13(12-9)8-2-5-11-6-3-8/h2-7H,1H3. The van der Waals surface area contributed by atoms with Gasteiger partial charge in [0, 0.05) is 18.6 Å². The van der Waals surface area contributed by atoms with Gasteiger partial charge in [0.2, 0.25) is 0 Å². The predicted molar refractivity (Wildman–Crippen MR) is 52.7 cm³/mol. The van der Waals surface area contributed by atoms with Gasteiger partial charge < -0.3 is 4.74 Å². The molecule has 0 amide bonds. The van der Waals surface area contributed by atoms with Crippen molar-refractivity contribution in [3.8, 4) is 5.69 Å². The van der Waals surface area contributed by atoms with Crippen molar-refractivity contribution in [2.75, 3.05) is 7.11 Å². The molecule has 2 aromatic heterocycles. The zero-order chi connectivity index (χ0) is 10.7. The molecule has 15 heavy (non-hydrogen) atoms. The zero-order valence-electron chi connectivity index (χ0n) is 8.12. The van der Waals surface area contributed by atoms with Crippen LogP contribution in [0.5, 0.6) is 0 Å². The first-order chi connectivity index (χ1) is 7.31. The number of hydrogen-bond acceptors (Lipinski definition) is 4. The Labute approximate surface area is 86.3 Å². The first-order valence-corrected chi connectivity index (χ1v) is 4.35. The van der Waals surface area contributed by atoms with Crippen molar-refractivity contribution in [2.24, 2.45) is 0 Å². The van der Waals surface area contributed by atoms with E-state index < -0.39 is 5.97 Å². The van der Waals surface area contributed by atoms with Gasteiger partial charge >= 0.3 is 5.97 Å². The lowest BCUT2D eigenvalue weighted by molar-refractivity contribution is 0.0593. The Morgan fingerprint density at radius 3 is 2.73 bits per heavy atom. The van der Waals surface area contributed by atoms with Crippen molar-refractivity contribution in [2.45, 2.75) is 0 Å². The Bertz CT molecular complexity index is 465. The topological polar surface area (TPSA) is 57.0 Å². The predicted octanol–water partition coefficient (Wildman–Crippen LogP) is 1.05. The van der Waals surface area contributed by atoms with Gasteiger partial charge in [-0.3, -0.25) is 4.98 Å². The molecule has 0 N–H and O–H groups in total. The average Bonchev–Trinajstić information content (AvgIpc) is 2.78. The number of ether oxygens (including phenoxy) is 1. The van der Waals surface area contributed by atoms with E-state index in [1.807, 2.05) is 0 Å². The summed E-state index contributed by atoms with van der Waals surface area (Å²) in [7, 11) is 1.33. The maximum atomic E-state index is 11.1. The number of esters is 1. The second-order valence-corrected chi connectivity index (χ2v) is 2.84. The van der Waals surface area contributed by atoms with Crippen molar-refractivity contribution < 1.29 is 9.53 Å². The van der Waals surface area contributed by atoms with E-state index in [0.29, 0.717) is 0 Å². The Balaban J connectivity index is 2.32. The zero-order valence-corrected chi connectivity index (χ0v) is 8.12. The molecule has 0 fully saturated rings. The number of nitrogens with zero attached hydrogens (tertiary/aromatic N) is 3. The fraction of sp³-hybridized carbons (Fsp3) is 0.100. The third-order valence-electron chi connectivity index (χ3n) is 1.91. The van der Waals surface area contributed by atoms with E-state index in [1.54, 1.807) is 41.5 Å². The molecular weight excluding hydrogens is 194 g/mol. The van der Waals surface area contributed by atoms with Crippen LogP contribution in [0, 0.1) is 0 Å². The minimum atomic E-state index is -0.442. The van der Waals surface area contributed by atoms with Gasteiger partial charge in [0.05, 0.1) is 12.8 Å². The number of methoxy groups -OCH3 is 1. The molecule has 0 aliphatic heterocycles. The fourth-order valence-corrected chi connectivity index (χ4v) is 1.18. The fourth-order valence-electron chi connectivity index (χ4n) is 1.18. The van der Waals surface area contributed by atoms with E-state index in [-0.39, 0.29) is 5.69 Å². The molecule has 0 aromatic carbocycles. The third kappa shape index (κ3) is 1.85. The Kier molecular flexibility index (Phi) is 2.45. The molecule has 2 rings (SSSR count). The SMILES string of the molecule is COC(=O)c1ccn(-c2ccncc2)n1. The average molecular weight is 203 g/mol. The van der Waals surface area contributed by atoms with Crippen LogP contribution in [0.2, 0.25) is 0 Å². The molecule has 0 saturated carbocycles. The number of pyridine rings is 1. The quantitative estimate of drug-likeness (QED) is 0.684. The van der Waals surface area contributed by atoms with Gasteiger partial charge in [0.25, 0.3) is 0 Å². The summed E-state index contributed by atoms with van der Waals surface area (Å²) in [4.78, 5) is 15.0. The maximum absolute atomic E-state index is 11.1. The normalized spacial score (nSPS) is 9.93. The van der Waals surface area contributed by atoms with E-state index in [4.69, 9.17) is 0 Å². The maximum Gasteiger partial charge on any atom is 0.358 e. The summed E-state index contributed by atoms with van der Waals surface area (Å²) in [5, 5.41) is 4.07. The number of carbonyl (C=O) groups excluding carboxylic acids is 1. The molecule has 0 aliphatic rings. The van der Waals surface area contributed by atoms with Crippen LogP contribution in [-0.2, 0) is 4.74 Å². The van der Waals surface area contributed by atoms with Crippen LogP contribution in [0.4, 0.5) is 0 Å². The van der Waals surface area contributed by atoms with Crippen LogP contribution in [0.15, 0.2) is 36.8 Å².